The number of piperazine rings is 1. The number of nitrogens with one attached hydrogen (secondary N) is 1. The summed E-state index contributed by atoms with van der Waals surface area (Å²) in [5, 5.41) is 3.62. The largest absolute Gasteiger partial charge is 0.444 e. The van der Waals surface area contributed by atoms with Gasteiger partial charge in [0.25, 0.3) is 0 Å². The van der Waals surface area contributed by atoms with E-state index in [0.717, 1.165) is 71.7 Å². The molecule has 23 heavy (non-hydrogen) atoms. The van der Waals surface area contributed by atoms with Gasteiger partial charge in [-0.15, -0.1) is 0 Å². The number of amides is 1. The van der Waals surface area contributed by atoms with Gasteiger partial charge in [0.05, 0.1) is 0 Å². The van der Waals surface area contributed by atoms with Gasteiger partial charge in [-0.3, -0.25) is 4.90 Å². The van der Waals surface area contributed by atoms with E-state index in [0.29, 0.717) is 6.04 Å². The van der Waals surface area contributed by atoms with Gasteiger partial charge in [0.1, 0.15) is 5.60 Å². The Labute approximate surface area is 140 Å². The molecule has 0 aromatic carbocycles. The smallest absolute Gasteiger partial charge is 0.410 e. The number of hydrogen-bond acceptors (Lipinski definition) is 5. The second-order valence-corrected chi connectivity index (χ2v) is 7.50. The Bertz CT molecular complexity index is 357. The van der Waals surface area contributed by atoms with Gasteiger partial charge in [-0.05, 0) is 53.1 Å². The van der Waals surface area contributed by atoms with Gasteiger partial charge in [0.2, 0.25) is 0 Å². The summed E-state index contributed by atoms with van der Waals surface area (Å²) in [5.74, 6) is 0. The highest BCUT2D eigenvalue weighted by Crippen LogP contribution is 2.12. The van der Waals surface area contributed by atoms with Crippen LogP contribution in [0.15, 0.2) is 0 Å². The summed E-state index contributed by atoms with van der Waals surface area (Å²) < 4.78 is 10.8. The van der Waals surface area contributed by atoms with E-state index in [1.807, 2.05) is 25.7 Å². The third-order valence-corrected chi connectivity index (χ3v) is 4.33. The van der Waals surface area contributed by atoms with E-state index < -0.39 is 5.60 Å². The summed E-state index contributed by atoms with van der Waals surface area (Å²) in [4.78, 5) is 16.3. The van der Waals surface area contributed by atoms with E-state index >= 15 is 0 Å². The molecule has 6 nitrogen and oxygen atoms in total. The van der Waals surface area contributed by atoms with Crippen molar-refractivity contribution in [3.8, 4) is 0 Å². The Kier molecular flexibility index (Phi) is 7.11. The number of hydrogen-bond donors (Lipinski definition) is 1. The third kappa shape index (κ3) is 7.06. The van der Waals surface area contributed by atoms with E-state index in [-0.39, 0.29) is 6.09 Å². The normalized spacial score (nSPS) is 21.4. The molecule has 0 saturated carbocycles. The van der Waals surface area contributed by atoms with Gasteiger partial charge in [0.15, 0.2) is 0 Å². The van der Waals surface area contributed by atoms with Crippen LogP contribution in [0, 0.1) is 0 Å². The molecule has 0 aromatic heterocycles. The molecule has 0 aliphatic carbocycles. The minimum absolute atomic E-state index is 0.182. The minimum Gasteiger partial charge on any atom is -0.444 e. The van der Waals surface area contributed by atoms with Crippen LogP contribution in [0.1, 0.15) is 40.0 Å². The number of ether oxygens (including phenoxy) is 2. The number of carbonyl (C=O) groups excluding carboxylic acids is 1. The summed E-state index contributed by atoms with van der Waals surface area (Å²) in [5.41, 5.74) is -0.413. The van der Waals surface area contributed by atoms with E-state index in [1.54, 1.807) is 0 Å². The lowest BCUT2D eigenvalue weighted by Gasteiger charge is -2.35. The first-order chi connectivity index (χ1) is 10.9. The van der Waals surface area contributed by atoms with E-state index in [9.17, 15) is 4.79 Å². The van der Waals surface area contributed by atoms with Gasteiger partial charge in [0, 0.05) is 45.4 Å². The van der Waals surface area contributed by atoms with E-state index in [1.165, 1.54) is 0 Å². The van der Waals surface area contributed by atoms with E-state index in [2.05, 4.69) is 10.2 Å². The van der Waals surface area contributed by atoms with Crippen LogP contribution in [0.5, 0.6) is 0 Å². The zero-order chi connectivity index (χ0) is 16.7. The van der Waals surface area contributed by atoms with Crippen LogP contribution in [0.4, 0.5) is 4.79 Å². The second-order valence-electron chi connectivity index (χ2n) is 7.50. The van der Waals surface area contributed by atoms with Crippen molar-refractivity contribution in [2.45, 2.75) is 51.7 Å². The summed E-state index contributed by atoms with van der Waals surface area (Å²) >= 11 is 0. The van der Waals surface area contributed by atoms with Crippen LogP contribution in [-0.4, -0.2) is 80.0 Å². The number of carbonyl (C=O) groups is 1. The fourth-order valence-corrected chi connectivity index (χ4v) is 2.99. The van der Waals surface area contributed by atoms with Gasteiger partial charge in [-0.2, -0.15) is 0 Å². The van der Waals surface area contributed by atoms with Crippen molar-refractivity contribution in [1.82, 2.24) is 15.1 Å². The first kappa shape index (κ1) is 18.5. The highest BCUT2D eigenvalue weighted by atomic mass is 16.6. The summed E-state index contributed by atoms with van der Waals surface area (Å²) in [7, 11) is 0. The van der Waals surface area contributed by atoms with Crippen molar-refractivity contribution in [2.75, 3.05) is 52.5 Å². The predicted molar refractivity (Wildman–Crippen MR) is 90.7 cm³/mol. The van der Waals surface area contributed by atoms with Crippen LogP contribution < -0.4 is 5.32 Å². The Morgan fingerprint density at radius 1 is 1.17 bits per heavy atom. The molecule has 0 radical (unpaired) electrons. The van der Waals surface area contributed by atoms with Gasteiger partial charge < -0.3 is 19.7 Å². The SMILES string of the molecule is CC(C)(C)OC(=O)N1CCN(CCCNC2CCOCC2)CC1. The molecular formula is C17H33N3O3. The Hall–Kier alpha value is -0.850. The fourth-order valence-electron chi connectivity index (χ4n) is 2.99. The topological polar surface area (TPSA) is 54.0 Å². The van der Waals surface area contributed by atoms with Crippen LogP contribution in [0.25, 0.3) is 0 Å². The molecule has 6 heteroatoms. The molecule has 2 aliphatic heterocycles. The van der Waals surface area contributed by atoms with Crippen LogP contribution in [0.2, 0.25) is 0 Å². The Morgan fingerprint density at radius 2 is 1.83 bits per heavy atom. The highest BCUT2D eigenvalue weighted by Gasteiger charge is 2.25. The van der Waals surface area contributed by atoms with Crippen molar-refractivity contribution >= 4 is 6.09 Å². The molecular weight excluding hydrogens is 294 g/mol. The third-order valence-electron chi connectivity index (χ3n) is 4.33. The maximum atomic E-state index is 12.0. The van der Waals surface area contributed by atoms with E-state index in [4.69, 9.17) is 9.47 Å². The first-order valence-electron chi connectivity index (χ1n) is 8.95. The second kappa shape index (κ2) is 8.85. The molecule has 2 fully saturated rings. The van der Waals surface area contributed by atoms with Crippen molar-refractivity contribution in [1.29, 1.82) is 0 Å². The maximum Gasteiger partial charge on any atom is 0.410 e. The standard InChI is InChI=1S/C17H33N3O3/c1-17(2,3)23-16(21)20-11-9-19(10-12-20)8-4-7-18-15-5-13-22-14-6-15/h15,18H,4-14H2,1-3H3. The number of rotatable bonds is 5. The van der Waals surface area contributed by atoms with Crippen LogP contribution in [0.3, 0.4) is 0 Å². The monoisotopic (exact) mass is 327 g/mol. The molecule has 0 aromatic rings. The lowest BCUT2D eigenvalue weighted by Crippen LogP contribution is -2.50. The number of nitrogens with zero attached hydrogens (tertiary/aromatic N) is 2. The van der Waals surface area contributed by atoms with Gasteiger partial charge in [-0.1, -0.05) is 0 Å². The zero-order valence-electron chi connectivity index (χ0n) is 15.0. The van der Waals surface area contributed by atoms with Crippen LogP contribution >= 0.6 is 0 Å². The molecule has 2 saturated heterocycles. The first-order valence-corrected chi connectivity index (χ1v) is 8.95. The molecule has 0 bridgehead atoms. The molecule has 0 unspecified atom stereocenters. The highest BCUT2D eigenvalue weighted by molar-refractivity contribution is 5.68. The fraction of sp³-hybridized carbons (Fsp3) is 0.941. The molecule has 2 aliphatic rings. The van der Waals surface area contributed by atoms with Crippen molar-refractivity contribution in [3.05, 3.63) is 0 Å². The molecule has 0 atom stereocenters. The Balaban J connectivity index is 1.55. The lowest BCUT2D eigenvalue weighted by atomic mass is 10.1. The van der Waals surface area contributed by atoms with Gasteiger partial charge >= 0.3 is 6.09 Å². The molecule has 1 N–H and O–H groups in total. The average molecular weight is 327 g/mol. The molecule has 2 rings (SSSR count). The quantitative estimate of drug-likeness (QED) is 0.779. The van der Waals surface area contributed by atoms with Crippen LogP contribution in [-0.2, 0) is 9.47 Å². The summed E-state index contributed by atoms with van der Waals surface area (Å²) in [6.07, 6.45) is 3.24. The van der Waals surface area contributed by atoms with Gasteiger partial charge in [-0.25, -0.2) is 4.79 Å². The summed E-state index contributed by atoms with van der Waals surface area (Å²) in [6.45, 7) is 13.1. The van der Waals surface area contributed by atoms with Crippen molar-refractivity contribution in [2.24, 2.45) is 0 Å². The Morgan fingerprint density at radius 3 is 2.43 bits per heavy atom. The molecule has 2 heterocycles. The average Bonchev–Trinajstić information content (AvgIpc) is 2.51. The molecule has 134 valence electrons. The van der Waals surface area contributed by atoms with Crippen molar-refractivity contribution < 1.29 is 14.3 Å². The lowest BCUT2D eigenvalue weighted by molar-refractivity contribution is 0.0144. The molecule has 1 amide bonds. The maximum absolute atomic E-state index is 12.0. The predicted octanol–water partition coefficient (Wildman–Crippen LogP) is 1.70. The molecule has 0 spiro atoms. The summed E-state index contributed by atoms with van der Waals surface area (Å²) in [6, 6.07) is 0.632. The zero-order valence-corrected chi connectivity index (χ0v) is 15.0. The minimum atomic E-state index is -0.413. The van der Waals surface area contributed by atoms with Crippen molar-refractivity contribution in [3.63, 3.8) is 0 Å².